The third-order valence-corrected chi connectivity index (χ3v) is 2.35. The Bertz CT molecular complexity index is 146. The standard InChI is InChI=1S/C8H15NS/c1-8(2,3)7-6(10)4-5-9-7/h7,9H,4-5H2,1-3H3. The number of rotatable bonds is 0. The van der Waals surface area contributed by atoms with Crippen LogP contribution in [0.5, 0.6) is 0 Å². The summed E-state index contributed by atoms with van der Waals surface area (Å²) in [4.78, 5) is 1.20. The Hall–Kier alpha value is 0.0500. The van der Waals surface area contributed by atoms with E-state index < -0.39 is 0 Å². The highest BCUT2D eigenvalue weighted by Gasteiger charge is 2.30. The zero-order valence-electron chi connectivity index (χ0n) is 6.90. The summed E-state index contributed by atoms with van der Waals surface area (Å²) >= 11 is 5.23. The molecular formula is C8H15NS. The summed E-state index contributed by atoms with van der Waals surface area (Å²) in [6, 6.07) is 0.461. The van der Waals surface area contributed by atoms with Crippen LogP contribution in [0.15, 0.2) is 0 Å². The SMILES string of the molecule is CC(C)(C)C1NCCC1=S. The highest BCUT2D eigenvalue weighted by molar-refractivity contribution is 7.80. The fourth-order valence-electron chi connectivity index (χ4n) is 1.39. The van der Waals surface area contributed by atoms with Gasteiger partial charge < -0.3 is 5.32 Å². The van der Waals surface area contributed by atoms with E-state index in [9.17, 15) is 0 Å². The molecule has 10 heavy (non-hydrogen) atoms. The van der Waals surface area contributed by atoms with Crippen molar-refractivity contribution in [3.63, 3.8) is 0 Å². The van der Waals surface area contributed by atoms with Gasteiger partial charge in [-0.2, -0.15) is 0 Å². The minimum Gasteiger partial charge on any atom is -0.309 e. The molecule has 0 aromatic rings. The molecule has 1 unspecified atom stereocenters. The molecule has 2 heteroatoms. The van der Waals surface area contributed by atoms with Crippen LogP contribution >= 0.6 is 12.2 Å². The quantitative estimate of drug-likeness (QED) is 0.538. The summed E-state index contributed by atoms with van der Waals surface area (Å²) in [5.41, 5.74) is 0.299. The minimum atomic E-state index is 0.299. The highest BCUT2D eigenvalue weighted by atomic mass is 32.1. The topological polar surface area (TPSA) is 12.0 Å². The lowest BCUT2D eigenvalue weighted by Gasteiger charge is -2.26. The first-order valence-electron chi connectivity index (χ1n) is 3.78. The van der Waals surface area contributed by atoms with E-state index >= 15 is 0 Å². The zero-order valence-corrected chi connectivity index (χ0v) is 7.72. The molecule has 1 aliphatic heterocycles. The van der Waals surface area contributed by atoms with Crippen molar-refractivity contribution < 1.29 is 0 Å². The molecule has 1 aliphatic rings. The lowest BCUT2D eigenvalue weighted by molar-refractivity contribution is 0.351. The molecule has 0 bridgehead atoms. The third kappa shape index (κ3) is 1.55. The van der Waals surface area contributed by atoms with Crippen LogP contribution in [0, 0.1) is 5.41 Å². The first kappa shape index (κ1) is 8.15. The van der Waals surface area contributed by atoms with Crippen LogP contribution in [0.2, 0.25) is 0 Å². The molecule has 1 N–H and O–H groups in total. The van der Waals surface area contributed by atoms with Crippen LogP contribution < -0.4 is 5.32 Å². The summed E-state index contributed by atoms with van der Waals surface area (Å²) in [5, 5.41) is 3.41. The molecule has 1 rings (SSSR count). The van der Waals surface area contributed by atoms with Crippen LogP contribution in [0.3, 0.4) is 0 Å². The summed E-state index contributed by atoms with van der Waals surface area (Å²) in [6.07, 6.45) is 1.08. The van der Waals surface area contributed by atoms with Gasteiger partial charge in [0.25, 0.3) is 0 Å². The number of nitrogens with one attached hydrogen (secondary N) is 1. The van der Waals surface area contributed by atoms with Gasteiger partial charge in [-0.25, -0.2) is 0 Å². The van der Waals surface area contributed by atoms with Gasteiger partial charge in [0.1, 0.15) is 0 Å². The molecule has 1 heterocycles. The van der Waals surface area contributed by atoms with Crippen LogP contribution in [-0.4, -0.2) is 17.5 Å². The van der Waals surface area contributed by atoms with Gasteiger partial charge in [0.05, 0.1) is 0 Å². The molecule has 0 saturated carbocycles. The second-order valence-corrected chi connectivity index (χ2v) is 4.49. The molecule has 0 spiro atoms. The monoisotopic (exact) mass is 157 g/mol. The molecule has 1 fully saturated rings. The fourth-order valence-corrected chi connectivity index (χ4v) is 1.93. The summed E-state index contributed by atoms with van der Waals surface area (Å²) < 4.78 is 0. The van der Waals surface area contributed by atoms with Crippen molar-refractivity contribution >= 4 is 17.1 Å². The summed E-state index contributed by atoms with van der Waals surface area (Å²) in [5.74, 6) is 0. The van der Waals surface area contributed by atoms with E-state index in [1.165, 1.54) is 4.86 Å². The van der Waals surface area contributed by atoms with Crippen molar-refractivity contribution in [3.05, 3.63) is 0 Å². The molecule has 58 valence electrons. The van der Waals surface area contributed by atoms with E-state index in [2.05, 4.69) is 26.1 Å². The maximum absolute atomic E-state index is 5.23. The van der Waals surface area contributed by atoms with Crippen molar-refractivity contribution in [2.45, 2.75) is 33.2 Å². The Morgan fingerprint density at radius 3 is 2.30 bits per heavy atom. The van der Waals surface area contributed by atoms with Gasteiger partial charge in [-0.3, -0.25) is 0 Å². The van der Waals surface area contributed by atoms with E-state index in [1.54, 1.807) is 0 Å². The van der Waals surface area contributed by atoms with Crippen LogP contribution in [0.4, 0.5) is 0 Å². The Kier molecular flexibility index (Phi) is 2.11. The van der Waals surface area contributed by atoms with E-state index in [0.29, 0.717) is 11.5 Å². The van der Waals surface area contributed by atoms with Gasteiger partial charge >= 0.3 is 0 Å². The van der Waals surface area contributed by atoms with E-state index in [1.807, 2.05) is 0 Å². The summed E-state index contributed by atoms with van der Waals surface area (Å²) in [6.45, 7) is 7.74. The smallest absolute Gasteiger partial charge is 0.0433 e. The van der Waals surface area contributed by atoms with Crippen LogP contribution in [0.1, 0.15) is 27.2 Å². The Balaban J connectivity index is 2.64. The normalized spacial score (nSPS) is 27.5. The Morgan fingerprint density at radius 1 is 1.50 bits per heavy atom. The van der Waals surface area contributed by atoms with Gasteiger partial charge in [-0.1, -0.05) is 33.0 Å². The first-order valence-corrected chi connectivity index (χ1v) is 4.19. The maximum atomic E-state index is 5.23. The fraction of sp³-hybridized carbons (Fsp3) is 0.875. The second kappa shape index (κ2) is 2.59. The van der Waals surface area contributed by atoms with Crippen LogP contribution in [-0.2, 0) is 0 Å². The predicted molar refractivity (Wildman–Crippen MR) is 48.5 cm³/mol. The largest absolute Gasteiger partial charge is 0.309 e. The van der Waals surface area contributed by atoms with Gasteiger partial charge in [-0.15, -0.1) is 0 Å². The lowest BCUT2D eigenvalue weighted by atomic mass is 9.86. The number of hydrogen-bond donors (Lipinski definition) is 1. The third-order valence-electron chi connectivity index (χ3n) is 1.91. The van der Waals surface area contributed by atoms with Gasteiger partial charge in [-0.05, 0) is 11.8 Å². The first-order chi connectivity index (χ1) is 4.52. The average Bonchev–Trinajstić information content (AvgIpc) is 2.11. The highest BCUT2D eigenvalue weighted by Crippen LogP contribution is 2.24. The van der Waals surface area contributed by atoms with Gasteiger partial charge in [0.2, 0.25) is 0 Å². The Morgan fingerprint density at radius 2 is 2.10 bits per heavy atom. The number of hydrogen-bond acceptors (Lipinski definition) is 2. The Labute approximate surface area is 68.2 Å². The molecule has 0 radical (unpaired) electrons. The van der Waals surface area contributed by atoms with Crippen molar-refractivity contribution in [3.8, 4) is 0 Å². The van der Waals surface area contributed by atoms with Gasteiger partial charge in [0.15, 0.2) is 0 Å². The number of thiocarbonyl (C=S) groups is 1. The van der Waals surface area contributed by atoms with Crippen molar-refractivity contribution in [1.29, 1.82) is 0 Å². The molecule has 0 aliphatic carbocycles. The maximum Gasteiger partial charge on any atom is 0.0433 e. The van der Waals surface area contributed by atoms with E-state index in [0.717, 1.165) is 13.0 Å². The van der Waals surface area contributed by atoms with Gasteiger partial charge in [0, 0.05) is 17.5 Å². The molecule has 1 saturated heterocycles. The van der Waals surface area contributed by atoms with Crippen LogP contribution in [0.25, 0.3) is 0 Å². The average molecular weight is 157 g/mol. The lowest BCUT2D eigenvalue weighted by Crippen LogP contribution is -2.39. The zero-order chi connectivity index (χ0) is 7.78. The predicted octanol–water partition coefficient (Wildman–Crippen LogP) is 1.76. The molecule has 0 aromatic heterocycles. The van der Waals surface area contributed by atoms with Crippen molar-refractivity contribution in [2.24, 2.45) is 5.41 Å². The van der Waals surface area contributed by atoms with E-state index in [-0.39, 0.29) is 0 Å². The second-order valence-electron chi connectivity index (χ2n) is 3.97. The van der Waals surface area contributed by atoms with E-state index in [4.69, 9.17) is 12.2 Å². The van der Waals surface area contributed by atoms with Crippen molar-refractivity contribution in [1.82, 2.24) is 5.32 Å². The van der Waals surface area contributed by atoms with Crippen molar-refractivity contribution in [2.75, 3.05) is 6.54 Å². The minimum absolute atomic E-state index is 0.299. The molecular weight excluding hydrogens is 142 g/mol. The molecule has 0 amide bonds. The molecule has 0 aromatic carbocycles. The molecule has 1 nitrogen and oxygen atoms in total. The summed E-state index contributed by atoms with van der Waals surface area (Å²) in [7, 11) is 0. The molecule has 1 atom stereocenters.